The third kappa shape index (κ3) is 5.18. The van der Waals surface area contributed by atoms with Gasteiger partial charge in [-0.15, -0.1) is 0 Å². The van der Waals surface area contributed by atoms with E-state index in [9.17, 15) is 0 Å². The Morgan fingerprint density at radius 3 is 1.85 bits per heavy atom. The van der Waals surface area contributed by atoms with Crippen molar-refractivity contribution in [2.24, 2.45) is 11.3 Å². The van der Waals surface area contributed by atoms with E-state index in [0.717, 1.165) is 6.42 Å². The Labute approximate surface area is 134 Å². The van der Waals surface area contributed by atoms with Crippen LogP contribution < -0.4 is 0 Å². The summed E-state index contributed by atoms with van der Waals surface area (Å²) < 4.78 is 7.03. The Bertz CT molecular complexity index is 287. The van der Waals surface area contributed by atoms with Gasteiger partial charge in [0.05, 0.1) is 14.3 Å². The molecule has 3 radical (unpaired) electrons. The van der Waals surface area contributed by atoms with Crippen molar-refractivity contribution < 1.29 is 4.43 Å². The minimum atomic E-state index is -1.67. The Hall–Kier alpha value is 0.744. The fourth-order valence-electron chi connectivity index (χ4n) is 3.50. The summed E-state index contributed by atoms with van der Waals surface area (Å²) in [6, 6.07) is 1.23. The Balaban J connectivity index is 5.65. The van der Waals surface area contributed by atoms with Gasteiger partial charge in [-0.3, -0.25) is 0 Å². The van der Waals surface area contributed by atoms with E-state index in [2.05, 4.69) is 76.5 Å². The molecule has 0 saturated heterocycles. The van der Waals surface area contributed by atoms with Crippen LogP contribution in [0.2, 0.25) is 19.1 Å². The van der Waals surface area contributed by atoms with Gasteiger partial charge in [-0.1, -0.05) is 48.0 Å². The summed E-state index contributed by atoms with van der Waals surface area (Å²) in [5.74, 6) is 0.712. The van der Waals surface area contributed by atoms with Gasteiger partial charge < -0.3 is 4.43 Å². The molecule has 1 atom stereocenters. The molecule has 0 aliphatic rings. The summed E-state index contributed by atoms with van der Waals surface area (Å²) in [6.07, 6.45) is 7.01. The molecule has 121 valence electrons. The van der Waals surface area contributed by atoms with Crippen molar-refractivity contribution in [2.45, 2.75) is 78.5 Å². The lowest BCUT2D eigenvalue weighted by atomic mass is 9.86. The quantitative estimate of drug-likeness (QED) is 0.555. The van der Waals surface area contributed by atoms with E-state index in [1.165, 1.54) is 12.5 Å². The van der Waals surface area contributed by atoms with Crippen LogP contribution >= 0.6 is 9.48 Å². The molecule has 0 rings (SSSR count). The van der Waals surface area contributed by atoms with Crippen LogP contribution in [0, 0.1) is 11.3 Å². The van der Waals surface area contributed by atoms with Crippen LogP contribution in [0.4, 0.5) is 0 Å². The van der Waals surface area contributed by atoms with E-state index < -0.39 is 17.8 Å². The molecule has 0 aromatic rings. The first-order valence-corrected chi connectivity index (χ1v) is 14.6. The van der Waals surface area contributed by atoms with Crippen molar-refractivity contribution in [2.75, 3.05) is 12.5 Å². The molecule has 0 amide bonds. The highest BCUT2D eigenvalue weighted by molar-refractivity contribution is 8.50. The monoisotopic (exact) mass is 333 g/mol. The highest BCUT2D eigenvalue weighted by Crippen LogP contribution is 2.61. The normalized spacial score (nSPS) is 18.2. The summed E-state index contributed by atoms with van der Waals surface area (Å²) in [6.45, 7) is 18.7. The van der Waals surface area contributed by atoms with Crippen molar-refractivity contribution in [3.05, 3.63) is 0 Å². The predicted octanol–water partition coefficient (Wildman–Crippen LogP) is 5.55. The molecule has 1 nitrogen and oxygen atoms in total. The Morgan fingerprint density at radius 1 is 1.15 bits per heavy atom. The molecule has 0 bridgehead atoms. The standard InChI is InChI=1S/C16H37OSSi2/c1-11-12-16(15(4,5)6,18(7,8)19)17-20(9,10)13-14(2)3/h14H,11-13H2,1-10H3. The van der Waals surface area contributed by atoms with Crippen LogP contribution in [-0.2, 0) is 4.43 Å². The second-order valence-electron chi connectivity index (χ2n) is 8.54. The first-order chi connectivity index (χ1) is 8.68. The minimum Gasteiger partial charge on any atom is -0.404 e. The van der Waals surface area contributed by atoms with Gasteiger partial charge in [0, 0.05) is 0 Å². The van der Waals surface area contributed by atoms with Crippen LogP contribution in [-0.4, -0.2) is 35.2 Å². The van der Waals surface area contributed by atoms with Gasteiger partial charge in [0.25, 0.3) is 0 Å². The van der Waals surface area contributed by atoms with Gasteiger partial charge >= 0.3 is 0 Å². The van der Waals surface area contributed by atoms with E-state index >= 15 is 0 Å². The molecular weight excluding hydrogens is 296 g/mol. The fraction of sp³-hybridized carbons (Fsp3) is 1.00. The lowest BCUT2D eigenvalue weighted by Gasteiger charge is -2.59. The van der Waals surface area contributed by atoms with Gasteiger partial charge in [0.2, 0.25) is 0 Å². The van der Waals surface area contributed by atoms with Gasteiger partial charge in [0.1, 0.15) is 0 Å². The molecule has 1 unspecified atom stereocenters. The average Bonchev–Trinajstić information content (AvgIpc) is 2.10. The zero-order valence-corrected chi connectivity index (χ0v) is 18.3. The minimum absolute atomic E-state index is 0.0454. The molecule has 0 spiro atoms. The molecule has 0 aliphatic heterocycles. The Kier molecular flexibility index (Phi) is 7.14. The van der Waals surface area contributed by atoms with Crippen LogP contribution in [0.3, 0.4) is 0 Å². The molecule has 0 heterocycles. The lowest BCUT2D eigenvalue weighted by molar-refractivity contribution is 0.0325. The molecule has 20 heavy (non-hydrogen) atoms. The molecule has 0 N–H and O–H groups in total. The molecule has 0 fully saturated rings. The number of hydrogen-bond acceptors (Lipinski definition) is 1. The maximum atomic E-state index is 7.03. The molecule has 4 heteroatoms. The van der Waals surface area contributed by atoms with Crippen LogP contribution in [0.5, 0.6) is 0 Å². The second-order valence-corrected chi connectivity index (χ2v) is 19.0. The van der Waals surface area contributed by atoms with Crippen LogP contribution in [0.1, 0.15) is 54.4 Å². The maximum Gasteiger partial charge on any atom is 0.188 e. The molecule has 0 aromatic heterocycles. The Morgan fingerprint density at radius 2 is 1.60 bits per heavy atom. The third-order valence-electron chi connectivity index (χ3n) is 3.89. The van der Waals surface area contributed by atoms with Crippen molar-refractivity contribution in [3.63, 3.8) is 0 Å². The van der Waals surface area contributed by atoms with E-state index in [1.807, 2.05) is 0 Å². The largest absolute Gasteiger partial charge is 0.404 e. The predicted molar refractivity (Wildman–Crippen MR) is 100 cm³/mol. The summed E-state index contributed by atoms with van der Waals surface area (Å²) in [5.41, 5.74) is 0.144. The highest BCUT2D eigenvalue weighted by atomic mass is 32.4. The van der Waals surface area contributed by atoms with Gasteiger partial charge in [-0.05, 0) is 49.4 Å². The van der Waals surface area contributed by atoms with Gasteiger partial charge in [-0.2, -0.15) is 0 Å². The van der Waals surface area contributed by atoms with Crippen LogP contribution in [0.15, 0.2) is 0 Å². The zero-order valence-electron chi connectivity index (χ0n) is 15.5. The first-order valence-electron chi connectivity index (χ1n) is 7.86. The molecule has 0 aromatic carbocycles. The lowest BCUT2D eigenvalue weighted by Crippen LogP contribution is -2.55. The molecule has 0 saturated carbocycles. The zero-order chi connectivity index (χ0) is 16.4. The summed E-state index contributed by atoms with van der Waals surface area (Å²) in [7, 11) is 1.43. The van der Waals surface area contributed by atoms with E-state index in [4.69, 9.17) is 4.43 Å². The second kappa shape index (κ2) is 6.88. The van der Waals surface area contributed by atoms with Crippen molar-refractivity contribution in [1.82, 2.24) is 0 Å². The van der Waals surface area contributed by atoms with E-state index in [-0.39, 0.29) is 10.3 Å². The summed E-state index contributed by atoms with van der Waals surface area (Å²) >= 11 is 0. The smallest absolute Gasteiger partial charge is 0.188 e. The molecule has 0 aliphatic carbocycles. The highest BCUT2D eigenvalue weighted by Gasteiger charge is 2.51. The first kappa shape index (κ1) is 20.7. The van der Waals surface area contributed by atoms with Gasteiger partial charge in [0.15, 0.2) is 8.32 Å². The topological polar surface area (TPSA) is 9.23 Å². The maximum absolute atomic E-state index is 7.03. The SMILES string of the molecule is CCCC(O[Si](C)(C)CC(C)C)(C(C)(C)C)S(C)(C)[Si]. The van der Waals surface area contributed by atoms with E-state index in [0.29, 0.717) is 5.92 Å². The van der Waals surface area contributed by atoms with Crippen molar-refractivity contribution in [1.29, 1.82) is 0 Å². The van der Waals surface area contributed by atoms with Crippen molar-refractivity contribution in [3.8, 4) is 0 Å². The summed E-state index contributed by atoms with van der Waals surface area (Å²) in [4.78, 5) is -0.0454. The fourth-order valence-corrected chi connectivity index (χ4v) is 12.2. The average molecular weight is 334 g/mol. The van der Waals surface area contributed by atoms with Crippen LogP contribution in [0.25, 0.3) is 0 Å². The van der Waals surface area contributed by atoms with E-state index in [1.54, 1.807) is 0 Å². The molecular formula is C16H37OSSi2. The van der Waals surface area contributed by atoms with Crippen molar-refractivity contribution >= 4 is 27.2 Å². The summed E-state index contributed by atoms with van der Waals surface area (Å²) in [5, 5.41) is 0. The number of rotatable bonds is 7. The number of hydrogen-bond donors (Lipinski definition) is 0. The van der Waals surface area contributed by atoms with Gasteiger partial charge in [-0.25, -0.2) is 9.48 Å². The third-order valence-corrected chi connectivity index (χ3v) is 10.3.